The van der Waals surface area contributed by atoms with Gasteiger partial charge in [0.05, 0.1) is 7.11 Å². The predicted octanol–water partition coefficient (Wildman–Crippen LogP) is 0.786. The maximum atomic E-state index is 10.9. The lowest BCUT2D eigenvalue weighted by molar-refractivity contribution is -0.119. The minimum absolute atomic E-state index is 0. The van der Waals surface area contributed by atoms with Gasteiger partial charge in [0.1, 0.15) is 12.3 Å². The molecular formula is C11H17IN4O2. The minimum Gasteiger partial charge on any atom is -0.497 e. The minimum atomic E-state index is -0.194. The lowest BCUT2D eigenvalue weighted by atomic mass is 10.3. The number of guanidine groups is 1. The van der Waals surface area contributed by atoms with Gasteiger partial charge in [-0.3, -0.25) is 4.79 Å². The fourth-order valence-electron chi connectivity index (χ4n) is 1.12. The molecule has 0 atom stereocenters. The number of carbonyl (C=O) groups excluding carboxylic acids is 1. The van der Waals surface area contributed by atoms with E-state index < -0.39 is 0 Å². The first-order valence-corrected chi connectivity index (χ1v) is 5.07. The quantitative estimate of drug-likeness (QED) is 0.419. The van der Waals surface area contributed by atoms with E-state index in [2.05, 4.69) is 15.6 Å². The van der Waals surface area contributed by atoms with E-state index in [9.17, 15) is 4.79 Å². The van der Waals surface area contributed by atoms with Crippen LogP contribution in [0.5, 0.6) is 5.75 Å². The number of nitrogens with two attached hydrogens (primary N) is 1. The second-order valence-electron chi connectivity index (χ2n) is 3.23. The average molecular weight is 364 g/mol. The number of nitrogens with one attached hydrogen (secondary N) is 2. The van der Waals surface area contributed by atoms with E-state index in [0.717, 1.165) is 5.69 Å². The molecule has 0 bridgehead atoms. The number of amides is 1. The summed E-state index contributed by atoms with van der Waals surface area (Å²) in [5.41, 5.74) is 6.37. The number of methoxy groups -OCH3 is 1. The van der Waals surface area contributed by atoms with Crippen LogP contribution in [0.15, 0.2) is 29.3 Å². The molecule has 0 aliphatic heterocycles. The summed E-state index contributed by atoms with van der Waals surface area (Å²) >= 11 is 0. The van der Waals surface area contributed by atoms with E-state index in [1.165, 1.54) is 0 Å². The molecule has 0 unspecified atom stereocenters. The summed E-state index contributed by atoms with van der Waals surface area (Å²) in [6.45, 7) is -0.000693. The highest BCUT2D eigenvalue weighted by Gasteiger charge is 1.99. The number of halogens is 1. The number of hydrogen-bond donors (Lipinski definition) is 3. The second kappa shape index (κ2) is 8.56. The van der Waals surface area contributed by atoms with Crippen LogP contribution in [0.1, 0.15) is 0 Å². The highest BCUT2D eigenvalue weighted by atomic mass is 127. The summed E-state index contributed by atoms with van der Waals surface area (Å²) in [4.78, 5) is 14.8. The fourth-order valence-corrected chi connectivity index (χ4v) is 1.12. The Hall–Kier alpha value is -1.51. The molecule has 7 heteroatoms. The molecule has 0 fully saturated rings. The van der Waals surface area contributed by atoms with Crippen molar-refractivity contribution in [3.63, 3.8) is 0 Å². The molecule has 0 radical (unpaired) electrons. The first-order valence-electron chi connectivity index (χ1n) is 5.07. The SMILES string of the molecule is CNC(=O)CN=C(N)Nc1cccc(OC)c1.I. The summed E-state index contributed by atoms with van der Waals surface area (Å²) < 4.78 is 5.07. The molecule has 0 aliphatic carbocycles. The van der Waals surface area contributed by atoms with Gasteiger partial charge in [-0.2, -0.15) is 0 Å². The fraction of sp³-hybridized carbons (Fsp3) is 0.273. The molecule has 4 N–H and O–H groups in total. The zero-order valence-electron chi connectivity index (χ0n) is 10.3. The first-order chi connectivity index (χ1) is 8.15. The summed E-state index contributed by atoms with van der Waals surface area (Å²) in [7, 11) is 3.13. The Morgan fingerprint density at radius 3 is 2.83 bits per heavy atom. The monoisotopic (exact) mass is 364 g/mol. The molecule has 0 saturated carbocycles. The molecule has 0 aliphatic rings. The van der Waals surface area contributed by atoms with Gasteiger partial charge >= 0.3 is 0 Å². The van der Waals surface area contributed by atoms with Crippen molar-refractivity contribution in [3.05, 3.63) is 24.3 Å². The summed E-state index contributed by atoms with van der Waals surface area (Å²) in [5.74, 6) is 0.705. The number of hydrogen-bond acceptors (Lipinski definition) is 3. The molecule has 1 aromatic carbocycles. The molecule has 1 aromatic rings. The topological polar surface area (TPSA) is 88.7 Å². The number of anilines is 1. The van der Waals surface area contributed by atoms with Crippen LogP contribution >= 0.6 is 24.0 Å². The number of nitrogens with zero attached hydrogens (tertiary/aromatic N) is 1. The third-order valence-corrected chi connectivity index (χ3v) is 2.01. The van der Waals surface area contributed by atoms with Crippen molar-refractivity contribution in [2.75, 3.05) is 26.0 Å². The van der Waals surface area contributed by atoms with Gasteiger partial charge in [-0.25, -0.2) is 4.99 Å². The smallest absolute Gasteiger partial charge is 0.241 e. The zero-order chi connectivity index (χ0) is 12.7. The third-order valence-electron chi connectivity index (χ3n) is 2.01. The van der Waals surface area contributed by atoms with Crippen LogP contribution in [0.4, 0.5) is 5.69 Å². The van der Waals surface area contributed by atoms with Gasteiger partial charge in [-0.05, 0) is 12.1 Å². The highest BCUT2D eigenvalue weighted by molar-refractivity contribution is 14.0. The van der Waals surface area contributed by atoms with Gasteiger partial charge in [0.2, 0.25) is 5.91 Å². The van der Waals surface area contributed by atoms with Crippen molar-refractivity contribution >= 4 is 41.5 Å². The molecular weight excluding hydrogens is 347 g/mol. The van der Waals surface area contributed by atoms with Crippen LogP contribution in [-0.2, 0) is 4.79 Å². The Morgan fingerprint density at radius 2 is 2.22 bits per heavy atom. The standard InChI is InChI=1S/C11H16N4O2.HI/c1-13-10(16)7-14-11(12)15-8-4-3-5-9(6-8)17-2;/h3-6H,7H2,1-2H3,(H,13,16)(H3,12,14,15);1H. The highest BCUT2D eigenvalue weighted by Crippen LogP contribution is 2.16. The number of rotatable bonds is 4. The van der Waals surface area contributed by atoms with Crippen molar-refractivity contribution in [2.24, 2.45) is 10.7 Å². The molecule has 6 nitrogen and oxygen atoms in total. The Morgan fingerprint density at radius 1 is 1.50 bits per heavy atom. The van der Waals surface area contributed by atoms with Gasteiger partial charge in [-0.1, -0.05) is 6.07 Å². The Labute approximate surface area is 123 Å². The predicted molar refractivity (Wildman–Crippen MR) is 82.6 cm³/mol. The lowest BCUT2D eigenvalue weighted by Gasteiger charge is -2.07. The van der Waals surface area contributed by atoms with Crippen molar-refractivity contribution in [1.29, 1.82) is 0 Å². The van der Waals surface area contributed by atoms with Crippen LogP contribution in [0.25, 0.3) is 0 Å². The molecule has 100 valence electrons. The summed E-state index contributed by atoms with van der Waals surface area (Å²) in [5, 5.41) is 5.32. The molecule has 1 amide bonds. The molecule has 18 heavy (non-hydrogen) atoms. The van der Waals surface area contributed by atoms with Crippen LogP contribution in [0.2, 0.25) is 0 Å². The van der Waals surface area contributed by atoms with Crippen LogP contribution in [0, 0.1) is 0 Å². The van der Waals surface area contributed by atoms with Crippen molar-refractivity contribution in [2.45, 2.75) is 0 Å². The van der Waals surface area contributed by atoms with Crippen LogP contribution in [-0.4, -0.2) is 32.6 Å². The molecule has 0 heterocycles. The maximum absolute atomic E-state index is 10.9. The Kier molecular flexibility index (Phi) is 7.84. The second-order valence-corrected chi connectivity index (χ2v) is 3.23. The van der Waals surface area contributed by atoms with E-state index in [-0.39, 0.29) is 42.4 Å². The van der Waals surface area contributed by atoms with E-state index in [1.807, 2.05) is 18.2 Å². The van der Waals surface area contributed by atoms with Gasteiger partial charge < -0.3 is 21.1 Å². The van der Waals surface area contributed by atoms with Gasteiger partial charge in [0.25, 0.3) is 0 Å². The largest absolute Gasteiger partial charge is 0.497 e. The number of ether oxygens (including phenoxy) is 1. The molecule has 0 saturated heterocycles. The Balaban J connectivity index is 0.00000289. The lowest BCUT2D eigenvalue weighted by Crippen LogP contribution is -2.27. The first kappa shape index (κ1) is 16.5. The average Bonchev–Trinajstić information content (AvgIpc) is 2.36. The van der Waals surface area contributed by atoms with E-state index >= 15 is 0 Å². The van der Waals surface area contributed by atoms with Crippen molar-refractivity contribution in [1.82, 2.24) is 5.32 Å². The van der Waals surface area contributed by atoms with Crippen molar-refractivity contribution in [3.8, 4) is 5.75 Å². The van der Waals surface area contributed by atoms with Gasteiger partial charge in [0.15, 0.2) is 5.96 Å². The van der Waals surface area contributed by atoms with E-state index in [4.69, 9.17) is 10.5 Å². The third kappa shape index (κ3) is 5.71. The Bertz CT molecular complexity index is 423. The van der Waals surface area contributed by atoms with Gasteiger partial charge in [0, 0.05) is 18.8 Å². The van der Waals surface area contributed by atoms with Gasteiger partial charge in [-0.15, -0.1) is 24.0 Å². The van der Waals surface area contributed by atoms with Crippen molar-refractivity contribution < 1.29 is 9.53 Å². The number of aliphatic imine (C=N–C) groups is 1. The van der Waals surface area contributed by atoms with Crippen LogP contribution < -0.4 is 21.1 Å². The molecule has 0 aromatic heterocycles. The summed E-state index contributed by atoms with van der Waals surface area (Å²) in [6.07, 6.45) is 0. The molecule has 0 spiro atoms. The van der Waals surface area contributed by atoms with E-state index in [1.54, 1.807) is 20.2 Å². The summed E-state index contributed by atoms with van der Waals surface area (Å²) in [6, 6.07) is 7.25. The zero-order valence-corrected chi connectivity index (χ0v) is 12.6. The molecule has 1 rings (SSSR count). The van der Waals surface area contributed by atoms with E-state index in [0.29, 0.717) is 5.75 Å². The number of benzene rings is 1. The number of carbonyl (C=O) groups is 1. The number of likely N-dealkylation sites (N-methyl/N-ethyl adjacent to an activating group) is 1. The maximum Gasteiger partial charge on any atom is 0.241 e. The van der Waals surface area contributed by atoms with Crippen LogP contribution in [0.3, 0.4) is 0 Å². The normalized spacial score (nSPS) is 10.2.